The minimum atomic E-state index is -0.267. The number of hydrogen-bond acceptors (Lipinski definition) is 3. The molecule has 2 aliphatic heterocycles. The number of fused-ring (bicyclic) bond motifs is 5. The van der Waals surface area contributed by atoms with Crippen molar-refractivity contribution in [2.75, 3.05) is 9.80 Å². The van der Waals surface area contributed by atoms with E-state index in [0.717, 1.165) is 39.9 Å². The van der Waals surface area contributed by atoms with Gasteiger partial charge in [-0.15, -0.1) is 0 Å². The minimum absolute atomic E-state index is 0.267. The lowest BCUT2D eigenvalue weighted by atomic mass is 9.70. The van der Waals surface area contributed by atoms with Gasteiger partial charge in [-0.05, 0) is 98.8 Å². The van der Waals surface area contributed by atoms with E-state index in [1.807, 2.05) is 0 Å². The molecule has 8 aromatic carbocycles. The Hall–Kier alpha value is -6.58. The van der Waals surface area contributed by atoms with Crippen LogP contribution in [0.3, 0.4) is 0 Å². The second-order valence-electron chi connectivity index (χ2n) is 14.2. The van der Waals surface area contributed by atoms with Crippen LogP contribution in [0.4, 0.5) is 34.1 Å². The van der Waals surface area contributed by atoms with Gasteiger partial charge in [0.2, 0.25) is 0 Å². The number of para-hydroxylation sites is 1. The van der Waals surface area contributed by atoms with E-state index in [0.29, 0.717) is 0 Å². The van der Waals surface area contributed by atoms with Crippen molar-refractivity contribution in [2.24, 2.45) is 0 Å². The fourth-order valence-electron chi connectivity index (χ4n) is 8.33. The van der Waals surface area contributed by atoms with Crippen molar-refractivity contribution in [1.29, 1.82) is 0 Å². The maximum atomic E-state index is 6.77. The lowest BCUT2D eigenvalue weighted by Crippen LogP contribution is -2.33. The standard InChI is InChI=1S/C49H36N2O/c1-49(2)42-23-13-25-46-48(42)51(43-24-12-22-41(47(43)49)35-17-7-4-8-18-35)44-32-40(28-29-45(44)52-46)50(39-27-26-34-16-9-10-19-36(34)31-39)38-21-11-20-37(30-38)33-14-5-3-6-15-33/h3-32H,1-2H3. The van der Waals surface area contributed by atoms with Gasteiger partial charge in [-0.2, -0.15) is 0 Å². The molecule has 52 heavy (non-hydrogen) atoms. The molecule has 0 aromatic heterocycles. The Morgan fingerprint density at radius 3 is 1.94 bits per heavy atom. The highest BCUT2D eigenvalue weighted by atomic mass is 16.5. The van der Waals surface area contributed by atoms with E-state index < -0.39 is 0 Å². The van der Waals surface area contributed by atoms with Crippen molar-refractivity contribution in [3.8, 4) is 33.8 Å². The van der Waals surface area contributed by atoms with Crippen LogP contribution >= 0.6 is 0 Å². The van der Waals surface area contributed by atoms with Crippen molar-refractivity contribution in [2.45, 2.75) is 19.3 Å². The molecule has 0 N–H and O–H groups in total. The summed E-state index contributed by atoms with van der Waals surface area (Å²) in [5.41, 5.74) is 13.6. The first kappa shape index (κ1) is 30.3. The lowest BCUT2D eigenvalue weighted by molar-refractivity contribution is 0.471. The minimum Gasteiger partial charge on any atom is -0.453 e. The molecular weight excluding hydrogens is 633 g/mol. The average molecular weight is 669 g/mol. The summed E-state index contributed by atoms with van der Waals surface area (Å²) in [6, 6.07) is 65.4. The molecule has 0 aliphatic carbocycles. The highest BCUT2D eigenvalue weighted by Gasteiger charge is 2.43. The zero-order chi connectivity index (χ0) is 34.8. The summed E-state index contributed by atoms with van der Waals surface area (Å²) in [5, 5.41) is 2.42. The van der Waals surface area contributed by atoms with Crippen molar-refractivity contribution in [3.63, 3.8) is 0 Å². The van der Waals surface area contributed by atoms with Crippen LogP contribution in [0.5, 0.6) is 11.5 Å². The summed E-state index contributed by atoms with van der Waals surface area (Å²) >= 11 is 0. The summed E-state index contributed by atoms with van der Waals surface area (Å²) in [6.07, 6.45) is 0. The molecule has 2 heterocycles. The maximum Gasteiger partial charge on any atom is 0.151 e. The van der Waals surface area contributed by atoms with Gasteiger partial charge < -0.3 is 14.5 Å². The number of nitrogens with zero attached hydrogens (tertiary/aromatic N) is 2. The van der Waals surface area contributed by atoms with Crippen LogP contribution in [0.2, 0.25) is 0 Å². The molecule has 0 fully saturated rings. The van der Waals surface area contributed by atoms with Crippen LogP contribution in [-0.2, 0) is 5.41 Å². The van der Waals surface area contributed by atoms with E-state index in [1.54, 1.807) is 0 Å². The maximum absolute atomic E-state index is 6.77. The van der Waals surface area contributed by atoms with Crippen molar-refractivity contribution >= 4 is 44.9 Å². The van der Waals surface area contributed by atoms with Gasteiger partial charge in [-0.1, -0.05) is 141 Å². The zero-order valence-electron chi connectivity index (χ0n) is 29.1. The van der Waals surface area contributed by atoms with E-state index in [2.05, 4.69) is 206 Å². The van der Waals surface area contributed by atoms with E-state index in [9.17, 15) is 0 Å². The molecule has 0 saturated carbocycles. The fourth-order valence-corrected chi connectivity index (χ4v) is 8.33. The topological polar surface area (TPSA) is 15.7 Å². The molecule has 0 unspecified atom stereocenters. The number of hydrogen-bond donors (Lipinski definition) is 0. The van der Waals surface area contributed by atoms with E-state index in [-0.39, 0.29) is 5.41 Å². The van der Waals surface area contributed by atoms with Crippen LogP contribution in [0, 0.1) is 0 Å². The third kappa shape index (κ3) is 4.74. The second kappa shape index (κ2) is 11.8. The van der Waals surface area contributed by atoms with Gasteiger partial charge in [0.1, 0.15) is 0 Å². The summed E-state index contributed by atoms with van der Waals surface area (Å²) in [7, 11) is 0. The second-order valence-corrected chi connectivity index (χ2v) is 14.2. The van der Waals surface area contributed by atoms with E-state index in [4.69, 9.17) is 4.74 Å². The SMILES string of the molecule is CC1(C)c2cccc3c2N(c2cc(N(c4cccc(-c5ccccc5)c4)c4ccc5ccccc5c4)ccc2O3)c2cccc(-c3ccccc3)c21. The van der Waals surface area contributed by atoms with Gasteiger partial charge in [0.25, 0.3) is 0 Å². The monoisotopic (exact) mass is 668 g/mol. The van der Waals surface area contributed by atoms with Crippen LogP contribution in [0.1, 0.15) is 25.0 Å². The van der Waals surface area contributed by atoms with Gasteiger partial charge >= 0.3 is 0 Å². The summed E-state index contributed by atoms with van der Waals surface area (Å²) in [5.74, 6) is 1.71. The molecule has 248 valence electrons. The smallest absolute Gasteiger partial charge is 0.151 e. The average Bonchev–Trinajstić information content (AvgIpc) is 3.20. The Morgan fingerprint density at radius 2 is 1.12 bits per heavy atom. The van der Waals surface area contributed by atoms with Crippen molar-refractivity contribution < 1.29 is 4.74 Å². The third-order valence-corrected chi connectivity index (χ3v) is 10.8. The Morgan fingerprint density at radius 1 is 0.462 bits per heavy atom. The predicted octanol–water partition coefficient (Wildman–Crippen LogP) is 13.9. The molecule has 0 amide bonds. The summed E-state index contributed by atoms with van der Waals surface area (Å²) < 4.78 is 6.77. The first-order valence-corrected chi connectivity index (χ1v) is 17.9. The van der Waals surface area contributed by atoms with Gasteiger partial charge in [-0.25, -0.2) is 0 Å². The molecule has 3 nitrogen and oxygen atoms in total. The molecule has 0 saturated heterocycles. The number of anilines is 6. The van der Waals surface area contributed by atoms with Crippen LogP contribution in [0.25, 0.3) is 33.0 Å². The number of benzene rings is 8. The molecule has 3 heteroatoms. The van der Waals surface area contributed by atoms with E-state index in [1.165, 1.54) is 49.8 Å². The van der Waals surface area contributed by atoms with Gasteiger partial charge in [0.05, 0.1) is 17.1 Å². The summed E-state index contributed by atoms with van der Waals surface area (Å²) in [4.78, 5) is 4.81. The fraction of sp³-hybridized carbons (Fsp3) is 0.0612. The highest BCUT2D eigenvalue weighted by molar-refractivity contribution is 5.98. The van der Waals surface area contributed by atoms with Crippen molar-refractivity contribution in [3.05, 3.63) is 193 Å². The first-order valence-electron chi connectivity index (χ1n) is 17.9. The number of ether oxygens (including phenoxy) is 1. The molecule has 0 bridgehead atoms. The first-order chi connectivity index (χ1) is 25.5. The third-order valence-electron chi connectivity index (χ3n) is 10.8. The van der Waals surface area contributed by atoms with Crippen LogP contribution in [-0.4, -0.2) is 0 Å². The Balaban J connectivity index is 1.20. The number of rotatable bonds is 5. The Kier molecular flexibility index (Phi) is 6.84. The molecule has 0 spiro atoms. The molecular formula is C49H36N2O. The van der Waals surface area contributed by atoms with Crippen LogP contribution < -0.4 is 14.5 Å². The van der Waals surface area contributed by atoms with Crippen LogP contribution in [0.15, 0.2) is 182 Å². The lowest BCUT2D eigenvalue weighted by Gasteiger charge is -2.46. The largest absolute Gasteiger partial charge is 0.453 e. The Labute approximate surface area is 304 Å². The summed E-state index contributed by atoms with van der Waals surface area (Å²) in [6.45, 7) is 4.69. The molecule has 0 radical (unpaired) electrons. The van der Waals surface area contributed by atoms with Gasteiger partial charge in [0, 0.05) is 22.5 Å². The van der Waals surface area contributed by atoms with Gasteiger partial charge in [0.15, 0.2) is 11.5 Å². The normalized spacial score (nSPS) is 13.5. The quantitative estimate of drug-likeness (QED) is 0.182. The predicted molar refractivity (Wildman–Crippen MR) is 216 cm³/mol. The zero-order valence-corrected chi connectivity index (χ0v) is 29.1. The molecule has 10 rings (SSSR count). The molecule has 2 aliphatic rings. The molecule has 0 atom stereocenters. The molecule has 8 aromatic rings. The van der Waals surface area contributed by atoms with Gasteiger partial charge in [-0.3, -0.25) is 0 Å². The highest BCUT2D eigenvalue weighted by Crippen LogP contribution is 2.61. The Bertz CT molecular complexity index is 2640. The van der Waals surface area contributed by atoms with Crippen molar-refractivity contribution in [1.82, 2.24) is 0 Å². The van der Waals surface area contributed by atoms with E-state index >= 15 is 0 Å².